The highest BCUT2D eigenvalue weighted by atomic mass is 16.5. The van der Waals surface area contributed by atoms with Gasteiger partial charge in [0.2, 0.25) is 5.78 Å². The minimum absolute atomic E-state index is 0.0145. The highest BCUT2D eigenvalue weighted by molar-refractivity contribution is 6.04. The van der Waals surface area contributed by atoms with Crippen LogP contribution in [0.4, 0.5) is 0 Å². The molecule has 7 heteroatoms. The van der Waals surface area contributed by atoms with E-state index in [9.17, 15) is 19.5 Å². The van der Waals surface area contributed by atoms with Gasteiger partial charge in [-0.2, -0.15) is 0 Å². The third-order valence-corrected chi connectivity index (χ3v) is 4.10. The Morgan fingerprint density at radius 3 is 2.38 bits per heavy atom. The first-order valence-corrected chi connectivity index (χ1v) is 7.99. The van der Waals surface area contributed by atoms with Crippen molar-refractivity contribution in [1.29, 1.82) is 0 Å². The SMILES string of the molecule is COC(=O)c1c(C)[nH]c(C(=O)C(C)OC(=O)c2cc(C)ccc2O)c1C. The molecule has 0 saturated carbocycles. The van der Waals surface area contributed by atoms with Gasteiger partial charge in [0, 0.05) is 5.69 Å². The summed E-state index contributed by atoms with van der Waals surface area (Å²) in [5.41, 5.74) is 2.14. The average Bonchev–Trinajstić information content (AvgIpc) is 2.89. The van der Waals surface area contributed by atoms with Gasteiger partial charge in [0.1, 0.15) is 11.3 Å². The Bertz CT molecular complexity index is 880. The van der Waals surface area contributed by atoms with Crippen LogP contribution in [-0.4, -0.2) is 41.0 Å². The van der Waals surface area contributed by atoms with Crippen LogP contribution < -0.4 is 0 Å². The van der Waals surface area contributed by atoms with E-state index in [4.69, 9.17) is 9.47 Å². The Kier molecular flexibility index (Phi) is 5.50. The van der Waals surface area contributed by atoms with Gasteiger partial charge < -0.3 is 19.6 Å². The van der Waals surface area contributed by atoms with Crippen LogP contribution in [0.1, 0.15) is 54.9 Å². The number of methoxy groups -OCH3 is 1. The zero-order chi connectivity index (χ0) is 19.6. The number of ether oxygens (including phenoxy) is 2. The molecule has 0 aliphatic carbocycles. The summed E-state index contributed by atoms with van der Waals surface area (Å²) in [5, 5.41) is 9.80. The fourth-order valence-electron chi connectivity index (χ4n) is 2.70. The lowest BCUT2D eigenvalue weighted by molar-refractivity contribution is 0.0314. The molecule has 0 bridgehead atoms. The van der Waals surface area contributed by atoms with E-state index in [1.165, 1.54) is 26.2 Å². The monoisotopic (exact) mass is 359 g/mol. The van der Waals surface area contributed by atoms with E-state index < -0.39 is 23.8 Å². The van der Waals surface area contributed by atoms with E-state index in [0.717, 1.165) is 5.56 Å². The zero-order valence-corrected chi connectivity index (χ0v) is 15.3. The number of aromatic hydroxyl groups is 1. The van der Waals surface area contributed by atoms with Crippen molar-refractivity contribution in [3.63, 3.8) is 0 Å². The summed E-state index contributed by atoms with van der Waals surface area (Å²) >= 11 is 0. The molecule has 7 nitrogen and oxygen atoms in total. The minimum Gasteiger partial charge on any atom is -0.507 e. The molecular weight excluding hydrogens is 338 g/mol. The van der Waals surface area contributed by atoms with Gasteiger partial charge in [-0.25, -0.2) is 9.59 Å². The fourth-order valence-corrected chi connectivity index (χ4v) is 2.70. The van der Waals surface area contributed by atoms with Gasteiger partial charge in [0.25, 0.3) is 0 Å². The first-order valence-electron chi connectivity index (χ1n) is 7.99. The van der Waals surface area contributed by atoms with Gasteiger partial charge >= 0.3 is 11.9 Å². The molecule has 0 amide bonds. The molecule has 2 aromatic rings. The van der Waals surface area contributed by atoms with Crippen molar-refractivity contribution in [2.24, 2.45) is 0 Å². The summed E-state index contributed by atoms with van der Waals surface area (Å²) in [6.07, 6.45) is -1.11. The number of aromatic amines is 1. The van der Waals surface area contributed by atoms with E-state index in [2.05, 4.69) is 4.98 Å². The van der Waals surface area contributed by atoms with Crippen LogP contribution in [0.25, 0.3) is 0 Å². The fraction of sp³-hybridized carbons (Fsp3) is 0.316. The second-order valence-electron chi connectivity index (χ2n) is 6.05. The molecule has 138 valence electrons. The molecule has 2 N–H and O–H groups in total. The number of H-pyrrole nitrogens is 1. The molecule has 0 spiro atoms. The van der Waals surface area contributed by atoms with Gasteiger partial charge in [0.15, 0.2) is 6.10 Å². The van der Waals surface area contributed by atoms with E-state index in [1.54, 1.807) is 26.8 Å². The number of carbonyl (C=O) groups is 3. The first-order chi connectivity index (χ1) is 12.2. The normalized spacial score (nSPS) is 11.7. The third-order valence-electron chi connectivity index (χ3n) is 4.10. The van der Waals surface area contributed by atoms with Crippen molar-refractivity contribution in [2.75, 3.05) is 7.11 Å². The molecule has 0 radical (unpaired) electrons. The van der Waals surface area contributed by atoms with Crippen LogP contribution in [0.3, 0.4) is 0 Å². The summed E-state index contributed by atoms with van der Waals surface area (Å²) in [5.74, 6) is -2.06. The van der Waals surface area contributed by atoms with Crippen LogP contribution in [0.15, 0.2) is 18.2 Å². The van der Waals surface area contributed by atoms with Crippen molar-refractivity contribution in [2.45, 2.75) is 33.8 Å². The highest BCUT2D eigenvalue weighted by Crippen LogP contribution is 2.23. The van der Waals surface area contributed by atoms with Crippen LogP contribution >= 0.6 is 0 Å². The largest absolute Gasteiger partial charge is 0.507 e. The molecule has 0 saturated heterocycles. The van der Waals surface area contributed by atoms with Crippen LogP contribution in [0, 0.1) is 20.8 Å². The van der Waals surface area contributed by atoms with Crippen molar-refractivity contribution >= 4 is 17.7 Å². The summed E-state index contributed by atoms with van der Waals surface area (Å²) in [6, 6.07) is 4.52. The van der Waals surface area contributed by atoms with E-state index in [1.807, 2.05) is 0 Å². The number of carbonyl (C=O) groups excluding carboxylic acids is 3. The van der Waals surface area contributed by atoms with Crippen LogP contribution in [-0.2, 0) is 9.47 Å². The number of aryl methyl sites for hydroxylation is 2. The Balaban J connectivity index is 2.24. The topological polar surface area (TPSA) is 106 Å². The number of phenols is 1. The van der Waals surface area contributed by atoms with Gasteiger partial charge in [-0.1, -0.05) is 11.6 Å². The average molecular weight is 359 g/mol. The van der Waals surface area contributed by atoms with Crippen molar-refractivity contribution in [3.05, 3.63) is 51.8 Å². The summed E-state index contributed by atoms with van der Waals surface area (Å²) in [7, 11) is 1.26. The Hall–Kier alpha value is -3.09. The molecule has 0 aliphatic heterocycles. The van der Waals surface area contributed by atoms with Gasteiger partial charge in [-0.3, -0.25) is 4.79 Å². The van der Waals surface area contributed by atoms with E-state index in [-0.39, 0.29) is 22.6 Å². The lowest BCUT2D eigenvalue weighted by Gasteiger charge is -2.13. The summed E-state index contributed by atoms with van der Waals surface area (Å²) in [4.78, 5) is 39.6. The molecule has 1 aromatic carbocycles. The number of phenolic OH excluding ortho intramolecular Hbond substituents is 1. The number of esters is 2. The molecule has 1 aromatic heterocycles. The minimum atomic E-state index is -1.11. The number of rotatable bonds is 5. The predicted molar refractivity (Wildman–Crippen MR) is 93.7 cm³/mol. The predicted octanol–water partition coefficient (Wildman–Crippen LogP) is 2.86. The van der Waals surface area contributed by atoms with Gasteiger partial charge in [-0.05, 0) is 45.4 Å². The van der Waals surface area contributed by atoms with Gasteiger partial charge in [0.05, 0.1) is 18.4 Å². The number of benzene rings is 1. The van der Waals surface area contributed by atoms with Crippen molar-refractivity contribution < 1.29 is 29.0 Å². The molecule has 0 aliphatic rings. The standard InChI is InChI=1S/C19H21NO6/c1-9-6-7-14(21)13(8-9)18(23)26-12(4)17(22)16-10(2)15(11(3)20-16)19(24)25-5/h6-8,12,20-21H,1-5H3. The summed E-state index contributed by atoms with van der Waals surface area (Å²) in [6.45, 7) is 6.46. The summed E-state index contributed by atoms with van der Waals surface area (Å²) < 4.78 is 9.91. The highest BCUT2D eigenvalue weighted by Gasteiger charge is 2.28. The lowest BCUT2D eigenvalue weighted by Crippen LogP contribution is -2.25. The second kappa shape index (κ2) is 7.43. The number of hydrogen-bond donors (Lipinski definition) is 2. The Labute approximate surface area is 150 Å². The zero-order valence-electron chi connectivity index (χ0n) is 15.3. The van der Waals surface area contributed by atoms with E-state index in [0.29, 0.717) is 11.3 Å². The number of ketones is 1. The molecular formula is C19H21NO6. The lowest BCUT2D eigenvalue weighted by atomic mass is 10.1. The Morgan fingerprint density at radius 1 is 1.12 bits per heavy atom. The first kappa shape index (κ1) is 19.2. The van der Waals surface area contributed by atoms with Crippen molar-refractivity contribution in [3.8, 4) is 5.75 Å². The Morgan fingerprint density at radius 2 is 1.77 bits per heavy atom. The second-order valence-corrected chi connectivity index (χ2v) is 6.05. The maximum absolute atomic E-state index is 12.6. The number of Topliss-reactive ketones (excluding diaryl/α,β-unsaturated/α-hetero) is 1. The molecule has 1 atom stereocenters. The number of nitrogens with one attached hydrogen (secondary N) is 1. The molecule has 2 rings (SSSR count). The number of hydrogen-bond acceptors (Lipinski definition) is 6. The third kappa shape index (κ3) is 3.61. The molecule has 1 unspecified atom stereocenters. The maximum atomic E-state index is 12.6. The molecule has 26 heavy (non-hydrogen) atoms. The smallest absolute Gasteiger partial charge is 0.342 e. The van der Waals surface area contributed by atoms with Crippen LogP contribution in [0.2, 0.25) is 0 Å². The maximum Gasteiger partial charge on any atom is 0.342 e. The molecule has 1 heterocycles. The van der Waals surface area contributed by atoms with Gasteiger partial charge in [-0.15, -0.1) is 0 Å². The van der Waals surface area contributed by atoms with Crippen molar-refractivity contribution in [1.82, 2.24) is 4.98 Å². The van der Waals surface area contributed by atoms with E-state index >= 15 is 0 Å². The quantitative estimate of drug-likeness (QED) is 0.628. The van der Waals surface area contributed by atoms with Crippen LogP contribution in [0.5, 0.6) is 5.75 Å². The number of aromatic nitrogens is 1. The molecule has 0 fully saturated rings.